The average molecular weight is 473 g/mol. The van der Waals surface area contributed by atoms with Gasteiger partial charge in [-0.25, -0.2) is 14.8 Å². The van der Waals surface area contributed by atoms with E-state index in [0.717, 1.165) is 41.1 Å². The van der Waals surface area contributed by atoms with Gasteiger partial charge in [-0.1, -0.05) is 0 Å². The van der Waals surface area contributed by atoms with Gasteiger partial charge in [0.25, 0.3) is 0 Å². The van der Waals surface area contributed by atoms with E-state index < -0.39 is 6.09 Å². The first-order valence-corrected chi connectivity index (χ1v) is 11.4. The predicted molar refractivity (Wildman–Crippen MR) is 128 cm³/mol. The second-order valence-corrected chi connectivity index (χ2v) is 8.49. The van der Waals surface area contributed by atoms with Crippen LogP contribution in [0.4, 0.5) is 27.7 Å². The molecule has 178 valence electrons. The molecule has 0 radical (unpaired) electrons. The van der Waals surface area contributed by atoms with Crippen molar-refractivity contribution in [1.82, 2.24) is 9.97 Å². The SMILES string of the molecule is COC(=O)N1CCOc2ncc(Nc3cc4c(cn3)-c3ccc(N5CCCC5=O)cc3OC4)cc21. The highest BCUT2D eigenvalue weighted by Gasteiger charge is 2.27. The Morgan fingerprint density at radius 2 is 2.00 bits per heavy atom. The van der Waals surface area contributed by atoms with Crippen LogP contribution in [0.3, 0.4) is 0 Å². The van der Waals surface area contributed by atoms with E-state index in [0.29, 0.717) is 49.3 Å². The summed E-state index contributed by atoms with van der Waals surface area (Å²) in [5, 5.41) is 3.25. The van der Waals surface area contributed by atoms with Gasteiger partial charge >= 0.3 is 6.09 Å². The first kappa shape index (κ1) is 21.2. The summed E-state index contributed by atoms with van der Waals surface area (Å²) < 4.78 is 16.5. The number of ether oxygens (including phenoxy) is 3. The summed E-state index contributed by atoms with van der Waals surface area (Å²) in [7, 11) is 1.34. The molecule has 0 bridgehead atoms. The van der Waals surface area contributed by atoms with Crippen molar-refractivity contribution in [2.75, 3.05) is 41.9 Å². The van der Waals surface area contributed by atoms with Crippen molar-refractivity contribution in [1.29, 1.82) is 0 Å². The molecular formula is C25H23N5O5. The maximum absolute atomic E-state index is 12.1. The number of nitrogens with one attached hydrogen (secondary N) is 1. The Labute approximate surface area is 201 Å². The van der Waals surface area contributed by atoms with Gasteiger partial charge in [0.1, 0.15) is 30.5 Å². The number of anilines is 4. The number of methoxy groups -OCH3 is 1. The molecule has 1 N–H and O–H groups in total. The number of amides is 2. The third kappa shape index (κ3) is 3.76. The topological polar surface area (TPSA) is 106 Å². The van der Waals surface area contributed by atoms with Gasteiger partial charge in [0.15, 0.2) is 0 Å². The van der Waals surface area contributed by atoms with Gasteiger partial charge in [-0.2, -0.15) is 0 Å². The standard InChI is InChI=1S/C25H23N5O5/c1-33-25(32)30-7-8-34-24-20(30)10-16(12-27-24)28-22-9-15-14-35-21-11-17(29-6-2-3-23(29)31)4-5-18(21)19(15)13-26-22/h4-5,9-13H,2-3,6-8,14H2,1H3,(H,26,28). The number of aromatic nitrogens is 2. The van der Waals surface area contributed by atoms with Crippen LogP contribution in [0, 0.1) is 0 Å². The van der Waals surface area contributed by atoms with Gasteiger partial charge in [0.05, 0.1) is 25.5 Å². The molecule has 2 amide bonds. The number of nitrogens with zero attached hydrogens (tertiary/aromatic N) is 4. The highest BCUT2D eigenvalue weighted by molar-refractivity contribution is 5.96. The Hall–Kier alpha value is -4.34. The zero-order valence-corrected chi connectivity index (χ0v) is 19.1. The third-order valence-corrected chi connectivity index (χ3v) is 6.36. The lowest BCUT2D eigenvalue weighted by Gasteiger charge is -2.27. The van der Waals surface area contributed by atoms with Crippen LogP contribution in [0.15, 0.2) is 42.7 Å². The fourth-order valence-corrected chi connectivity index (χ4v) is 4.64. The summed E-state index contributed by atoms with van der Waals surface area (Å²) in [6, 6.07) is 9.59. The van der Waals surface area contributed by atoms with E-state index in [1.165, 1.54) is 12.0 Å². The smallest absolute Gasteiger partial charge is 0.414 e. The summed E-state index contributed by atoms with van der Waals surface area (Å²) in [5.74, 6) is 1.90. The zero-order valence-electron chi connectivity index (χ0n) is 19.1. The Morgan fingerprint density at radius 1 is 1.09 bits per heavy atom. The third-order valence-electron chi connectivity index (χ3n) is 6.36. The minimum atomic E-state index is -0.464. The molecule has 3 aliphatic heterocycles. The normalized spacial score (nSPS) is 16.0. The van der Waals surface area contributed by atoms with E-state index in [4.69, 9.17) is 14.2 Å². The van der Waals surface area contributed by atoms with Crippen molar-refractivity contribution in [2.24, 2.45) is 0 Å². The summed E-state index contributed by atoms with van der Waals surface area (Å²) >= 11 is 0. The molecule has 1 saturated heterocycles. The zero-order chi connectivity index (χ0) is 23.9. The predicted octanol–water partition coefficient (Wildman–Crippen LogP) is 3.87. The molecule has 35 heavy (non-hydrogen) atoms. The second-order valence-electron chi connectivity index (χ2n) is 8.49. The fourth-order valence-electron chi connectivity index (χ4n) is 4.64. The van der Waals surface area contributed by atoms with Crippen molar-refractivity contribution in [3.63, 3.8) is 0 Å². The maximum Gasteiger partial charge on any atom is 0.414 e. The van der Waals surface area contributed by atoms with Crippen LogP contribution < -0.4 is 24.6 Å². The van der Waals surface area contributed by atoms with Crippen molar-refractivity contribution in [3.8, 4) is 22.8 Å². The number of fused-ring (bicyclic) bond motifs is 4. The Kier molecular flexibility index (Phi) is 5.13. The van der Waals surface area contributed by atoms with Gasteiger partial charge in [-0.05, 0) is 30.7 Å². The minimum absolute atomic E-state index is 0.150. The van der Waals surface area contributed by atoms with Crippen LogP contribution in [0.1, 0.15) is 18.4 Å². The van der Waals surface area contributed by atoms with Gasteiger partial charge in [-0.3, -0.25) is 9.69 Å². The van der Waals surface area contributed by atoms with Gasteiger partial charge in [0, 0.05) is 47.6 Å². The Bertz CT molecular complexity index is 1340. The summed E-state index contributed by atoms with van der Waals surface area (Å²) in [6.45, 7) is 1.87. The van der Waals surface area contributed by atoms with Gasteiger partial charge in [-0.15, -0.1) is 0 Å². The van der Waals surface area contributed by atoms with E-state index >= 15 is 0 Å². The summed E-state index contributed by atoms with van der Waals surface area (Å²) in [5.41, 5.74) is 4.99. The lowest BCUT2D eigenvalue weighted by molar-refractivity contribution is -0.117. The van der Waals surface area contributed by atoms with Crippen molar-refractivity contribution >= 4 is 34.9 Å². The van der Waals surface area contributed by atoms with Crippen LogP contribution in [0.25, 0.3) is 11.1 Å². The van der Waals surface area contributed by atoms with E-state index in [1.54, 1.807) is 12.3 Å². The molecule has 1 fully saturated rings. The highest BCUT2D eigenvalue weighted by atomic mass is 16.5. The van der Waals surface area contributed by atoms with E-state index in [9.17, 15) is 9.59 Å². The Balaban J connectivity index is 1.25. The number of carbonyl (C=O) groups excluding carboxylic acids is 2. The number of rotatable bonds is 3. The molecule has 6 rings (SSSR count). The molecule has 2 aromatic heterocycles. The monoisotopic (exact) mass is 473 g/mol. The number of pyridine rings is 2. The highest BCUT2D eigenvalue weighted by Crippen LogP contribution is 2.41. The first-order valence-electron chi connectivity index (χ1n) is 11.4. The average Bonchev–Trinajstić information content (AvgIpc) is 3.33. The van der Waals surface area contributed by atoms with E-state index in [1.807, 2.05) is 35.4 Å². The number of benzene rings is 1. The van der Waals surface area contributed by atoms with Crippen LogP contribution >= 0.6 is 0 Å². The van der Waals surface area contributed by atoms with Crippen LogP contribution in [0.5, 0.6) is 11.6 Å². The molecule has 0 spiro atoms. The Morgan fingerprint density at radius 3 is 2.83 bits per heavy atom. The molecule has 0 atom stereocenters. The molecule has 0 unspecified atom stereocenters. The van der Waals surface area contributed by atoms with Crippen molar-refractivity contribution < 1.29 is 23.8 Å². The number of carbonyl (C=O) groups is 2. The molecule has 5 heterocycles. The molecule has 0 aliphatic carbocycles. The van der Waals surface area contributed by atoms with Crippen molar-refractivity contribution in [2.45, 2.75) is 19.4 Å². The van der Waals surface area contributed by atoms with Crippen LogP contribution in [-0.4, -0.2) is 48.8 Å². The number of hydrogen-bond donors (Lipinski definition) is 1. The number of hydrogen-bond acceptors (Lipinski definition) is 8. The van der Waals surface area contributed by atoms with Crippen LogP contribution in [0.2, 0.25) is 0 Å². The quantitative estimate of drug-likeness (QED) is 0.611. The molecule has 10 heteroatoms. The molecule has 3 aliphatic rings. The first-order chi connectivity index (χ1) is 17.1. The van der Waals surface area contributed by atoms with Crippen molar-refractivity contribution in [3.05, 3.63) is 48.3 Å². The molecular weight excluding hydrogens is 450 g/mol. The van der Waals surface area contributed by atoms with E-state index in [-0.39, 0.29) is 5.91 Å². The second kappa shape index (κ2) is 8.46. The summed E-state index contributed by atoms with van der Waals surface area (Å²) in [6.07, 6.45) is 4.46. The molecule has 3 aromatic rings. The fraction of sp³-hybridized carbons (Fsp3) is 0.280. The van der Waals surface area contributed by atoms with E-state index in [2.05, 4.69) is 15.3 Å². The molecule has 10 nitrogen and oxygen atoms in total. The van der Waals surface area contributed by atoms with Crippen LogP contribution in [-0.2, 0) is 16.1 Å². The lowest BCUT2D eigenvalue weighted by Crippen LogP contribution is -2.38. The largest absolute Gasteiger partial charge is 0.488 e. The lowest BCUT2D eigenvalue weighted by atomic mass is 9.98. The van der Waals surface area contributed by atoms with Gasteiger partial charge < -0.3 is 24.4 Å². The minimum Gasteiger partial charge on any atom is -0.488 e. The summed E-state index contributed by atoms with van der Waals surface area (Å²) in [4.78, 5) is 36.4. The van der Waals surface area contributed by atoms with Gasteiger partial charge in [0.2, 0.25) is 11.8 Å². The molecule has 1 aromatic carbocycles. The molecule has 0 saturated carbocycles. The maximum atomic E-state index is 12.1.